The zero-order valence-corrected chi connectivity index (χ0v) is 14.3. The summed E-state index contributed by atoms with van der Waals surface area (Å²) in [6.45, 7) is 7.87. The maximum Gasteiger partial charge on any atom is 0.194 e. The molecule has 0 atom stereocenters. The van der Waals surface area contributed by atoms with Crippen LogP contribution in [-0.4, -0.2) is 45.8 Å². The van der Waals surface area contributed by atoms with Crippen LogP contribution in [0, 0.1) is 0 Å². The van der Waals surface area contributed by atoms with Gasteiger partial charge < -0.3 is 14.8 Å². The minimum atomic E-state index is 0.603. The van der Waals surface area contributed by atoms with Crippen LogP contribution in [0.5, 0.6) is 0 Å². The van der Waals surface area contributed by atoms with Gasteiger partial charge in [0.05, 0.1) is 0 Å². The van der Waals surface area contributed by atoms with Crippen LogP contribution in [0.2, 0.25) is 0 Å². The Hall–Kier alpha value is -1.59. The summed E-state index contributed by atoms with van der Waals surface area (Å²) in [6.07, 6.45) is 7.16. The fraction of sp³-hybridized carbons (Fsp3) is 0.812. The number of aryl methyl sites for hydroxylation is 1. The summed E-state index contributed by atoms with van der Waals surface area (Å²) in [4.78, 5) is 6.96. The molecule has 1 aromatic rings. The van der Waals surface area contributed by atoms with Gasteiger partial charge in [0.2, 0.25) is 0 Å². The molecule has 124 valence electrons. The van der Waals surface area contributed by atoms with Crippen LogP contribution in [0.4, 0.5) is 0 Å². The van der Waals surface area contributed by atoms with Crippen molar-refractivity contribution in [2.24, 2.45) is 4.99 Å². The highest BCUT2D eigenvalue weighted by Gasteiger charge is 2.14. The number of fused-ring (bicyclic) bond motifs is 1. The average Bonchev–Trinajstić information content (AvgIpc) is 2.76. The lowest BCUT2D eigenvalue weighted by molar-refractivity contribution is 0.464. The second kappa shape index (κ2) is 8.76. The molecule has 6 heteroatoms. The Balaban J connectivity index is 2.05. The number of aromatic nitrogens is 3. The second-order valence-electron chi connectivity index (χ2n) is 5.94. The minimum absolute atomic E-state index is 0.603. The molecule has 0 saturated heterocycles. The van der Waals surface area contributed by atoms with E-state index in [0.717, 1.165) is 43.7 Å². The molecule has 0 aromatic carbocycles. The number of hydrogen-bond acceptors (Lipinski definition) is 3. The van der Waals surface area contributed by atoms with Crippen LogP contribution in [0.15, 0.2) is 4.99 Å². The Morgan fingerprint density at radius 3 is 2.91 bits per heavy atom. The van der Waals surface area contributed by atoms with Gasteiger partial charge in [-0.2, -0.15) is 0 Å². The molecular weight excluding hydrogens is 276 g/mol. The van der Waals surface area contributed by atoms with Crippen molar-refractivity contribution in [2.75, 3.05) is 20.1 Å². The zero-order valence-electron chi connectivity index (χ0n) is 14.3. The normalized spacial score (nSPS) is 15.3. The Kier molecular flexibility index (Phi) is 6.68. The lowest BCUT2D eigenvalue weighted by atomic mass is 10.2. The highest BCUT2D eigenvalue weighted by atomic mass is 15.3. The van der Waals surface area contributed by atoms with E-state index in [1.54, 1.807) is 0 Å². The van der Waals surface area contributed by atoms with E-state index in [0.29, 0.717) is 6.54 Å². The monoisotopic (exact) mass is 306 g/mol. The van der Waals surface area contributed by atoms with Gasteiger partial charge >= 0.3 is 0 Å². The van der Waals surface area contributed by atoms with E-state index in [1.165, 1.54) is 32.1 Å². The summed E-state index contributed by atoms with van der Waals surface area (Å²) in [5.41, 5.74) is 0. The molecule has 0 amide bonds. The first-order valence-electron chi connectivity index (χ1n) is 8.66. The first-order chi connectivity index (χ1) is 10.8. The highest BCUT2D eigenvalue weighted by Crippen LogP contribution is 2.14. The van der Waals surface area contributed by atoms with Crippen molar-refractivity contribution in [1.82, 2.24) is 25.0 Å². The van der Waals surface area contributed by atoms with Crippen molar-refractivity contribution in [3.8, 4) is 0 Å². The first-order valence-corrected chi connectivity index (χ1v) is 8.66. The van der Waals surface area contributed by atoms with E-state index in [4.69, 9.17) is 4.99 Å². The van der Waals surface area contributed by atoms with Crippen molar-refractivity contribution >= 4 is 5.96 Å². The molecule has 2 rings (SSSR count). The Morgan fingerprint density at radius 1 is 1.27 bits per heavy atom. The predicted octanol–water partition coefficient (Wildman–Crippen LogP) is 2.20. The molecule has 22 heavy (non-hydrogen) atoms. The predicted molar refractivity (Wildman–Crippen MR) is 89.9 cm³/mol. The number of rotatable bonds is 6. The Labute approximate surface area is 134 Å². The minimum Gasteiger partial charge on any atom is -0.357 e. The van der Waals surface area contributed by atoms with Crippen molar-refractivity contribution in [1.29, 1.82) is 0 Å². The van der Waals surface area contributed by atoms with E-state index in [1.807, 2.05) is 0 Å². The third kappa shape index (κ3) is 4.45. The molecule has 0 fully saturated rings. The van der Waals surface area contributed by atoms with Gasteiger partial charge in [0.15, 0.2) is 11.8 Å². The van der Waals surface area contributed by atoms with Crippen molar-refractivity contribution < 1.29 is 0 Å². The fourth-order valence-corrected chi connectivity index (χ4v) is 2.78. The molecular formula is C16H30N6. The van der Waals surface area contributed by atoms with E-state index in [-0.39, 0.29) is 0 Å². The maximum absolute atomic E-state index is 4.76. The molecule has 0 bridgehead atoms. The highest BCUT2D eigenvalue weighted by molar-refractivity contribution is 5.79. The van der Waals surface area contributed by atoms with Gasteiger partial charge in [0.1, 0.15) is 12.4 Å². The largest absolute Gasteiger partial charge is 0.357 e. The van der Waals surface area contributed by atoms with E-state index in [9.17, 15) is 0 Å². The lowest BCUT2D eigenvalue weighted by Gasteiger charge is -2.21. The molecule has 0 spiro atoms. The average molecular weight is 306 g/mol. The summed E-state index contributed by atoms with van der Waals surface area (Å²) in [6, 6.07) is 0. The van der Waals surface area contributed by atoms with Gasteiger partial charge in [0.25, 0.3) is 0 Å². The SMILES string of the molecule is CCCCN(C)C(=NCc1nnc2n1CCCCC2)NCC. The Bertz CT molecular complexity index is 479. The summed E-state index contributed by atoms with van der Waals surface area (Å²) in [5, 5.41) is 12.1. The summed E-state index contributed by atoms with van der Waals surface area (Å²) in [7, 11) is 2.10. The van der Waals surface area contributed by atoms with Crippen LogP contribution >= 0.6 is 0 Å². The van der Waals surface area contributed by atoms with Crippen molar-refractivity contribution in [3.05, 3.63) is 11.6 Å². The van der Waals surface area contributed by atoms with Gasteiger partial charge in [-0.3, -0.25) is 0 Å². The molecule has 0 radical (unpaired) electrons. The third-order valence-corrected chi connectivity index (χ3v) is 4.10. The molecule has 2 heterocycles. The zero-order chi connectivity index (χ0) is 15.8. The smallest absolute Gasteiger partial charge is 0.194 e. The summed E-state index contributed by atoms with van der Waals surface area (Å²) < 4.78 is 2.27. The van der Waals surface area contributed by atoms with Crippen LogP contribution in [0.3, 0.4) is 0 Å². The van der Waals surface area contributed by atoms with Crippen LogP contribution < -0.4 is 5.32 Å². The van der Waals surface area contributed by atoms with Gasteiger partial charge in [-0.25, -0.2) is 4.99 Å². The van der Waals surface area contributed by atoms with Crippen molar-refractivity contribution in [2.45, 2.75) is 65.5 Å². The third-order valence-electron chi connectivity index (χ3n) is 4.10. The molecule has 1 aliphatic heterocycles. The molecule has 0 unspecified atom stereocenters. The maximum atomic E-state index is 4.76. The van der Waals surface area contributed by atoms with Gasteiger partial charge in [-0.15, -0.1) is 10.2 Å². The molecule has 1 N–H and O–H groups in total. The second-order valence-corrected chi connectivity index (χ2v) is 5.94. The number of aliphatic imine (C=N–C) groups is 1. The van der Waals surface area contributed by atoms with Gasteiger partial charge in [-0.05, 0) is 26.2 Å². The van der Waals surface area contributed by atoms with Crippen LogP contribution in [0.1, 0.15) is 57.6 Å². The van der Waals surface area contributed by atoms with E-state index < -0.39 is 0 Å². The molecule has 1 aromatic heterocycles. The van der Waals surface area contributed by atoms with Crippen LogP contribution in [-0.2, 0) is 19.5 Å². The molecule has 0 aliphatic carbocycles. The summed E-state index contributed by atoms with van der Waals surface area (Å²) >= 11 is 0. The fourth-order valence-electron chi connectivity index (χ4n) is 2.78. The molecule has 0 saturated carbocycles. The first kappa shape index (κ1) is 16.8. The number of unbranched alkanes of at least 4 members (excludes halogenated alkanes) is 1. The standard InChI is InChI=1S/C16H30N6/c1-4-6-11-21(3)16(17-5-2)18-13-15-20-19-14-10-8-7-9-12-22(14)15/h4-13H2,1-3H3,(H,17,18). The topological polar surface area (TPSA) is 58.3 Å². The molecule has 1 aliphatic rings. The number of nitrogens with one attached hydrogen (secondary N) is 1. The quantitative estimate of drug-likeness (QED) is 0.646. The van der Waals surface area contributed by atoms with Gasteiger partial charge in [-0.1, -0.05) is 19.8 Å². The van der Waals surface area contributed by atoms with Crippen LogP contribution in [0.25, 0.3) is 0 Å². The van der Waals surface area contributed by atoms with Gasteiger partial charge in [0, 0.05) is 33.1 Å². The van der Waals surface area contributed by atoms with E-state index in [2.05, 4.69) is 45.9 Å². The number of hydrogen-bond donors (Lipinski definition) is 1. The lowest BCUT2D eigenvalue weighted by Crippen LogP contribution is -2.39. The number of guanidine groups is 1. The van der Waals surface area contributed by atoms with Crippen molar-refractivity contribution in [3.63, 3.8) is 0 Å². The number of nitrogens with zero attached hydrogens (tertiary/aromatic N) is 5. The molecule has 6 nitrogen and oxygen atoms in total. The Morgan fingerprint density at radius 2 is 2.14 bits per heavy atom. The summed E-state index contributed by atoms with van der Waals surface area (Å²) in [5.74, 6) is 3.09. The van der Waals surface area contributed by atoms with E-state index >= 15 is 0 Å².